The molecule has 4 rings (SSSR count). The number of nitrogens with zero attached hydrogens (tertiary/aromatic N) is 3. The van der Waals surface area contributed by atoms with E-state index in [0.29, 0.717) is 26.6 Å². The van der Waals surface area contributed by atoms with Gasteiger partial charge in [-0.2, -0.15) is 0 Å². The van der Waals surface area contributed by atoms with Gasteiger partial charge >= 0.3 is 0 Å². The topological polar surface area (TPSA) is 85.8 Å². The van der Waals surface area contributed by atoms with Crippen molar-refractivity contribution < 1.29 is 4.79 Å². The Bertz CT molecular complexity index is 1210. The molecule has 1 aromatic heterocycles. The highest BCUT2D eigenvalue weighted by Gasteiger charge is 2.16. The van der Waals surface area contributed by atoms with Crippen LogP contribution in [0.1, 0.15) is 0 Å². The van der Waals surface area contributed by atoms with Gasteiger partial charge in [0.25, 0.3) is 0 Å². The molecule has 0 atom stereocenters. The van der Waals surface area contributed by atoms with E-state index in [2.05, 4.69) is 15.5 Å². The standard InChI is InChI=1S/C20H15Cl2N5OS/c21-14-6-8-16(17(22)10-14)19-25-26-20(27(19)23)29-11-18(28)24-15-7-5-12-3-1-2-4-13(12)9-15/h1-10H,11,23H2,(H,24,28). The van der Waals surface area contributed by atoms with Gasteiger partial charge in [0.1, 0.15) is 0 Å². The van der Waals surface area contributed by atoms with Gasteiger partial charge in [-0.25, -0.2) is 4.68 Å². The van der Waals surface area contributed by atoms with Crippen LogP contribution in [0.4, 0.5) is 5.69 Å². The molecule has 0 spiro atoms. The number of carbonyl (C=O) groups is 1. The van der Waals surface area contributed by atoms with Crippen LogP contribution in [0.25, 0.3) is 22.2 Å². The van der Waals surface area contributed by atoms with Gasteiger partial charge in [-0.15, -0.1) is 10.2 Å². The van der Waals surface area contributed by atoms with Crippen molar-refractivity contribution in [2.24, 2.45) is 0 Å². The molecular formula is C20H15Cl2N5OS. The fourth-order valence-corrected chi connectivity index (χ4v) is 3.97. The zero-order valence-corrected chi connectivity index (χ0v) is 17.3. The Kier molecular flexibility index (Phi) is 5.62. The lowest BCUT2D eigenvalue weighted by Gasteiger charge is -2.07. The molecule has 9 heteroatoms. The first-order valence-corrected chi connectivity index (χ1v) is 10.3. The molecule has 146 valence electrons. The number of aromatic nitrogens is 3. The number of amides is 1. The van der Waals surface area contributed by atoms with Gasteiger partial charge < -0.3 is 11.2 Å². The molecule has 3 aromatic carbocycles. The van der Waals surface area contributed by atoms with Crippen LogP contribution < -0.4 is 11.2 Å². The number of nitrogens with one attached hydrogen (secondary N) is 1. The van der Waals surface area contributed by atoms with E-state index in [1.807, 2.05) is 42.5 Å². The summed E-state index contributed by atoms with van der Waals surface area (Å²) >= 11 is 13.3. The summed E-state index contributed by atoms with van der Waals surface area (Å²) in [5.41, 5.74) is 1.34. The summed E-state index contributed by atoms with van der Waals surface area (Å²) in [6.07, 6.45) is 0. The molecular weight excluding hydrogens is 429 g/mol. The lowest BCUT2D eigenvalue weighted by Crippen LogP contribution is -2.16. The first-order chi connectivity index (χ1) is 14.0. The maximum absolute atomic E-state index is 12.3. The Morgan fingerprint density at radius 2 is 1.83 bits per heavy atom. The molecule has 1 heterocycles. The number of anilines is 1. The number of nitrogen functional groups attached to an aromatic ring is 1. The van der Waals surface area contributed by atoms with Crippen molar-refractivity contribution in [2.75, 3.05) is 16.9 Å². The number of fused-ring (bicyclic) bond motifs is 1. The molecule has 0 saturated heterocycles. The second-order valence-electron chi connectivity index (χ2n) is 6.20. The molecule has 6 nitrogen and oxygen atoms in total. The quantitative estimate of drug-likeness (QED) is 0.340. The first-order valence-electron chi connectivity index (χ1n) is 8.58. The van der Waals surface area contributed by atoms with Crippen LogP contribution in [0.3, 0.4) is 0 Å². The Hall–Kier alpha value is -2.74. The fraction of sp³-hybridized carbons (Fsp3) is 0.0500. The van der Waals surface area contributed by atoms with Crippen molar-refractivity contribution in [1.82, 2.24) is 14.9 Å². The van der Waals surface area contributed by atoms with Crippen LogP contribution in [-0.2, 0) is 4.79 Å². The van der Waals surface area contributed by atoms with E-state index in [9.17, 15) is 4.79 Å². The number of hydrogen-bond acceptors (Lipinski definition) is 5. The Balaban J connectivity index is 1.43. The van der Waals surface area contributed by atoms with Gasteiger partial charge in [0.05, 0.1) is 10.8 Å². The normalized spacial score (nSPS) is 11.0. The van der Waals surface area contributed by atoms with Gasteiger partial charge in [0, 0.05) is 16.3 Å². The van der Waals surface area contributed by atoms with Crippen LogP contribution in [-0.4, -0.2) is 26.5 Å². The first kappa shape index (κ1) is 19.6. The molecule has 0 radical (unpaired) electrons. The zero-order valence-electron chi connectivity index (χ0n) is 15.0. The predicted octanol–water partition coefficient (Wildman–Crippen LogP) is 4.85. The number of benzene rings is 3. The summed E-state index contributed by atoms with van der Waals surface area (Å²) in [5, 5.41) is 14.5. The third-order valence-corrected chi connectivity index (χ3v) is 5.69. The minimum Gasteiger partial charge on any atom is -0.335 e. The number of hydrogen-bond donors (Lipinski definition) is 2. The minimum atomic E-state index is -0.167. The Labute approximate surface area is 181 Å². The molecule has 0 aliphatic carbocycles. The van der Waals surface area contributed by atoms with Crippen molar-refractivity contribution in [3.05, 3.63) is 70.7 Å². The SMILES string of the molecule is Nn1c(SCC(=O)Nc2ccc3ccccc3c2)nnc1-c1ccc(Cl)cc1Cl. The van der Waals surface area contributed by atoms with Crippen molar-refractivity contribution in [3.63, 3.8) is 0 Å². The van der Waals surface area contributed by atoms with E-state index in [1.165, 1.54) is 16.4 Å². The monoisotopic (exact) mass is 443 g/mol. The van der Waals surface area contributed by atoms with Crippen LogP contribution >= 0.6 is 35.0 Å². The second-order valence-corrected chi connectivity index (χ2v) is 7.99. The van der Waals surface area contributed by atoms with Crippen molar-refractivity contribution >= 4 is 57.3 Å². The lowest BCUT2D eigenvalue weighted by atomic mass is 10.1. The minimum absolute atomic E-state index is 0.135. The third kappa shape index (κ3) is 4.32. The predicted molar refractivity (Wildman–Crippen MR) is 119 cm³/mol. The molecule has 0 bridgehead atoms. The van der Waals surface area contributed by atoms with E-state index < -0.39 is 0 Å². The summed E-state index contributed by atoms with van der Waals surface area (Å²) in [6.45, 7) is 0. The van der Waals surface area contributed by atoms with Crippen LogP contribution in [0.5, 0.6) is 0 Å². The van der Waals surface area contributed by atoms with Crippen molar-refractivity contribution in [1.29, 1.82) is 0 Å². The highest BCUT2D eigenvalue weighted by molar-refractivity contribution is 7.99. The van der Waals surface area contributed by atoms with Gasteiger partial charge in [-0.1, -0.05) is 65.3 Å². The fourth-order valence-electron chi connectivity index (χ4n) is 2.82. The van der Waals surface area contributed by atoms with Crippen LogP contribution in [0.15, 0.2) is 65.8 Å². The molecule has 0 aliphatic heterocycles. The summed E-state index contributed by atoms with van der Waals surface area (Å²) in [6, 6.07) is 18.8. The number of carbonyl (C=O) groups excluding carboxylic acids is 1. The Morgan fingerprint density at radius 3 is 2.62 bits per heavy atom. The highest BCUT2D eigenvalue weighted by Crippen LogP contribution is 2.30. The largest absolute Gasteiger partial charge is 0.335 e. The van der Waals surface area contributed by atoms with E-state index in [0.717, 1.165) is 16.5 Å². The molecule has 3 N–H and O–H groups in total. The lowest BCUT2D eigenvalue weighted by molar-refractivity contribution is -0.113. The number of halogens is 2. The van der Waals surface area contributed by atoms with Crippen LogP contribution in [0.2, 0.25) is 10.0 Å². The number of thioether (sulfide) groups is 1. The second kappa shape index (κ2) is 8.32. The molecule has 0 saturated carbocycles. The maximum atomic E-state index is 12.3. The summed E-state index contributed by atoms with van der Waals surface area (Å²) in [5.74, 6) is 6.45. The third-order valence-electron chi connectivity index (χ3n) is 4.20. The van der Waals surface area contributed by atoms with Gasteiger partial charge in [0.15, 0.2) is 5.82 Å². The maximum Gasteiger partial charge on any atom is 0.234 e. The summed E-state index contributed by atoms with van der Waals surface area (Å²) in [7, 11) is 0. The van der Waals surface area contributed by atoms with Crippen LogP contribution in [0, 0.1) is 0 Å². The summed E-state index contributed by atoms with van der Waals surface area (Å²) < 4.78 is 1.31. The number of rotatable bonds is 5. The molecule has 1 amide bonds. The zero-order chi connectivity index (χ0) is 20.4. The number of nitrogens with two attached hydrogens (primary N) is 1. The molecule has 0 fully saturated rings. The molecule has 0 aliphatic rings. The van der Waals surface area contributed by atoms with Crippen molar-refractivity contribution in [3.8, 4) is 11.4 Å². The van der Waals surface area contributed by atoms with E-state index in [4.69, 9.17) is 29.0 Å². The smallest absolute Gasteiger partial charge is 0.234 e. The molecule has 0 unspecified atom stereocenters. The van der Waals surface area contributed by atoms with E-state index >= 15 is 0 Å². The van der Waals surface area contributed by atoms with Crippen molar-refractivity contribution in [2.45, 2.75) is 5.16 Å². The van der Waals surface area contributed by atoms with Gasteiger partial charge in [-0.3, -0.25) is 4.79 Å². The van der Waals surface area contributed by atoms with Gasteiger partial charge in [-0.05, 0) is 41.1 Å². The Morgan fingerprint density at radius 1 is 1.03 bits per heavy atom. The van der Waals surface area contributed by atoms with Gasteiger partial charge in [0.2, 0.25) is 11.1 Å². The average molecular weight is 444 g/mol. The van der Waals surface area contributed by atoms with E-state index in [1.54, 1.807) is 18.2 Å². The summed E-state index contributed by atoms with van der Waals surface area (Å²) in [4.78, 5) is 12.3. The highest BCUT2D eigenvalue weighted by atomic mass is 35.5. The molecule has 4 aromatic rings. The van der Waals surface area contributed by atoms with E-state index in [-0.39, 0.29) is 11.7 Å². The molecule has 29 heavy (non-hydrogen) atoms. The average Bonchev–Trinajstić information content (AvgIpc) is 3.06.